The third-order valence-electron chi connectivity index (χ3n) is 15.1. The second-order valence-electron chi connectivity index (χ2n) is 19.9. The average molecular weight is 914 g/mol. The molecule has 1 saturated carbocycles. The predicted molar refractivity (Wildman–Crippen MR) is 256 cm³/mol. The summed E-state index contributed by atoms with van der Waals surface area (Å²) in [5, 5.41) is 5.51. The van der Waals surface area contributed by atoms with E-state index in [2.05, 4.69) is 92.2 Å². The zero-order valence-electron chi connectivity index (χ0n) is 39.8. The number of carbonyl (C=O) groups is 4. The first-order valence-electron chi connectivity index (χ1n) is 24.5. The van der Waals surface area contributed by atoms with E-state index in [9.17, 15) is 19.2 Å². The topological polar surface area (TPSA) is 178 Å². The summed E-state index contributed by atoms with van der Waals surface area (Å²) in [7, 11) is 2.62. The molecule has 3 aliphatic heterocycles. The van der Waals surface area contributed by atoms with E-state index in [1.165, 1.54) is 30.9 Å². The number of fused-ring (bicyclic) bond motifs is 2. The molecule has 9 rings (SSSR count). The van der Waals surface area contributed by atoms with Crippen molar-refractivity contribution < 1.29 is 28.7 Å². The molecule has 67 heavy (non-hydrogen) atoms. The number of aromatic nitrogens is 4. The van der Waals surface area contributed by atoms with Crippen LogP contribution in [0, 0.1) is 11.8 Å². The van der Waals surface area contributed by atoms with Crippen LogP contribution in [0.25, 0.3) is 22.1 Å². The molecule has 4 N–H and O–H groups in total. The van der Waals surface area contributed by atoms with Crippen LogP contribution in [0.15, 0.2) is 66.7 Å². The number of likely N-dealkylation sites (tertiary alicyclic amines) is 3. The molecule has 6 atom stereocenters. The molecule has 4 amide bonds. The second-order valence-corrected chi connectivity index (χ2v) is 19.9. The Morgan fingerprint density at radius 2 is 1.04 bits per heavy atom. The predicted octanol–water partition coefficient (Wildman–Crippen LogP) is 9.13. The van der Waals surface area contributed by atoms with Crippen LogP contribution in [0.3, 0.4) is 0 Å². The van der Waals surface area contributed by atoms with Crippen molar-refractivity contribution in [2.24, 2.45) is 11.8 Å². The molecule has 4 aliphatic rings. The molecule has 356 valence electrons. The van der Waals surface area contributed by atoms with Gasteiger partial charge in [-0.1, -0.05) is 70.2 Å². The molecule has 4 fully saturated rings. The minimum Gasteiger partial charge on any atom is -0.453 e. The lowest BCUT2D eigenvalue weighted by Gasteiger charge is -2.41. The number of hydrogen-bond acceptors (Lipinski definition) is 9. The summed E-state index contributed by atoms with van der Waals surface area (Å²) in [6.07, 6.45) is 8.58. The Morgan fingerprint density at radius 3 is 1.48 bits per heavy atom. The Hall–Kier alpha value is -5.96. The van der Waals surface area contributed by atoms with Gasteiger partial charge in [-0.05, 0) is 123 Å². The first kappa shape index (κ1) is 46.2. The highest BCUT2D eigenvalue weighted by atomic mass is 16.5. The molecular formula is C52H67N9O6. The van der Waals surface area contributed by atoms with Gasteiger partial charge in [-0.15, -0.1) is 0 Å². The first-order valence-corrected chi connectivity index (χ1v) is 24.5. The molecule has 0 radical (unpaired) electrons. The van der Waals surface area contributed by atoms with E-state index in [0.717, 1.165) is 97.9 Å². The highest BCUT2D eigenvalue weighted by molar-refractivity contribution is 5.87. The van der Waals surface area contributed by atoms with E-state index < -0.39 is 24.3 Å². The Morgan fingerprint density at radius 1 is 0.582 bits per heavy atom. The van der Waals surface area contributed by atoms with Crippen LogP contribution in [-0.4, -0.2) is 104 Å². The van der Waals surface area contributed by atoms with Crippen LogP contribution < -0.4 is 10.6 Å². The Balaban J connectivity index is 0.989. The molecule has 1 unspecified atom stereocenters. The number of carbonyl (C=O) groups excluding carboxylic acids is 4. The van der Waals surface area contributed by atoms with Gasteiger partial charge in [0.05, 0.1) is 48.4 Å². The lowest BCUT2D eigenvalue weighted by Crippen LogP contribution is -2.51. The normalized spacial score (nSPS) is 24.4. The van der Waals surface area contributed by atoms with E-state index in [0.29, 0.717) is 25.0 Å². The van der Waals surface area contributed by atoms with E-state index in [1.807, 2.05) is 37.5 Å². The summed E-state index contributed by atoms with van der Waals surface area (Å²) in [5.41, 5.74) is 7.62. The van der Waals surface area contributed by atoms with Crippen LogP contribution in [0.1, 0.15) is 150 Å². The Labute approximate surface area is 393 Å². The number of amides is 4. The highest BCUT2D eigenvalue weighted by Crippen LogP contribution is 2.50. The third-order valence-corrected chi connectivity index (χ3v) is 15.1. The Kier molecular flexibility index (Phi) is 13.6. The summed E-state index contributed by atoms with van der Waals surface area (Å²) in [5.74, 6) is 1.63. The molecular weight excluding hydrogens is 847 g/mol. The van der Waals surface area contributed by atoms with Gasteiger partial charge in [-0.25, -0.2) is 19.6 Å². The SMILES string of the molecule is COC(=O)N[C@H](C(=O)N1CCC[C@H]1c1nc2ccc(C3CC[C@H](c4ccc5nc([C@@H]6CCCN6C(=O)[C@@H](NC(=O)OC)C(C)C)[nH]c5c4)N3C3CCC(c4ccccc4)CC3)cc2[nH]1)C(C)C. The van der Waals surface area contributed by atoms with Crippen molar-refractivity contribution in [2.45, 2.75) is 140 Å². The monoisotopic (exact) mass is 914 g/mol. The third kappa shape index (κ3) is 9.35. The summed E-state index contributed by atoms with van der Waals surface area (Å²) in [6.45, 7) is 8.91. The van der Waals surface area contributed by atoms with Gasteiger partial charge >= 0.3 is 12.2 Å². The van der Waals surface area contributed by atoms with Gasteiger partial charge in [-0.3, -0.25) is 14.5 Å². The van der Waals surface area contributed by atoms with Gasteiger partial charge in [0.1, 0.15) is 23.7 Å². The van der Waals surface area contributed by atoms with Gasteiger partial charge in [0, 0.05) is 31.2 Å². The van der Waals surface area contributed by atoms with Crippen molar-refractivity contribution in [1.82, 2.24) is 45.3 Å². The number of methoxy groups -OCH3 is 2. The van der Waals surface area contributed by atoms with Gasteiger partial charge in [-0.2, -0.15) is 0 Å². The number of hydrogen-bond donors (Lipinski definition) is 4. The zero-order chi connectivity index (χ0) is 46.9. The Bertz CT molecular complexity index is 2420. The first-order chi connectivity index (χ1) is 32.4. The zero-order valence-corrected chi connectivity index (χ0v) is 39.8. The lowest BCUT2D eigenvalue weighted by atomic mass is 9.80. The summed E-state index contributed by atoms with van der Waals surface area (Å²) < 4.78 is 9.69. The van der Waals surface area contributed by atoms with Gasteiger partial charge in [0.15, 0.2) is 0 Å². The summed E-state index contributed by atoms with van der Waals surface area (Å²) >= 11 is 0. The van der Waals surface area contributed by atoms with Crippen molar-refractivity contribution in [3.05, 3.63) is 95.1 Å². The molecule has 5 heterocycles. The molecule has 15 nitrogen and oxygen atoms in total. The highest BCUT2D eigenvalue weighted by Gasteiger charge is 2.43. The largest absolute Gasteiger partial charge is 0.453 e. The molecule has 3 aromatic carbocycles. The number of alkyl carbamates (subject to hydrolysis) is 2. The fourth-order valence-corrected chi connectivity index (χ4v) is 11.7. The quantitative estimate of drug-likeness (QED) is 0.0951. The van der Waals surface area contributed by atoms with Crippen molar-refractivity contribution >= 4 is 46.1 Å². The molecule has 0 spiro atoms. The smallest absolute Gasteiger partial charge is 0.407 e. The lowest BCUT2D eigenvalue weighted by molar-refractivity contribution is -0.136. The van der Waals surface area contributed by atoms with Crippen LogP contribution in [0.4, 0.5) is 9.59 Å². The number of H-pyrrole nitrogens is 2. The van der Waals surface area contributed by atoms with Crippen molar-refractivity contribution in [1.29, 1.82) is 0 Å². The van der Waals surface area contributed by atoms with Crippen molar-refractivity contribution in [2.75, 3.05) is 27.3 Å². The summed E-state index contributed by atoms with van der Waals surface area (Å²) in [4.78, 5) is 76.2. The minimum atomic E-state index is -0.696. The maximum absolute atomic E-state index is 13.9. The van der Waals surface area contributed by atoms with Gasteiger partial charge in [0.2, 0.25) is 11.8 Å². The molecule has 15 heteroatoms. The van der Waals surface area contributed by atoms with E-state index in [-0.39, 0.29) is 47.8 Å². The minimum absolute atomic E-state index is 0.112. The molecule has 1 aliphatic carbocycles. The maximum atomic E-state index is 13.9. The molecule has 5 aromatic rings. The number of nitrogens with one attached hydrogen (secondary N) is 4. The summed E-state index contributed by atoms with van der Waals surface area (Å²) in [6, 6.07) is 23.2. The van der Waals surface area contributed by atoms with E-state index in [1.54, 1.807) is 0 Å². The number of nitrogens with zero attached hydrogens (tertiary/aromatic N) is 5. The van der Waals surface area contributed by atoms with Crippen LogP contribution in [0.5, 0.6) is 0 Å². The maximum Gasteiger partial charge on any atom is 0.407 e. The van der Waals surface area contributed by atoms with Crippen molar-refractivity contribution in [3.63, 3.8) is 0 Å². The van der Waals surface area contributed by atoms with E-state index >= 15 is 0 Å². The number of rotatable bonds is 12. The average Bonchev–Trinajstić information content (AvgIpc) is 4.20. The van der Waals surface area contributed by atoms with Crippen LogP contribution in [0.2, 0.25) is 0 Å². The van der Waals surface area contributed by atoms with Gasteiger partial charge < -0.3 is 39.9 Å². The van der Waals surface area contributed by atoms with E-state index in [4.69, 9.17) is 19.4 Å². The molecule has 2 aromatic heterocycles. The standard InChI is InChI=1S/C52H67N9O6/c1-30(2)45(57-51(64)66-5)49(62)59-26-10-14-43(59)47-53-37-22-18-34(28-39(37)55-47)41-24-25-42(61(41)36-20-16-33(17-21-36)32-12-8-7-9-13-32)35-19-23-38-40(29-35)56-48(54-38)44-15-11-27-60(44)50(63)46(31(3)4)58-52(65)67-6/h7-9,12-13,18-19,22-23,28-31,33,36,41-46H,10-11,14-17,20-21,24-27H2,1-6H3,(H,53,55)(H,54,56)(H,57,64)(H,58,65)/t33?,36?,41-,42?,43+,44+,45+,46+/m1/s1. The van der Waals surface area contributed by atoms with Crippen LogP contribution in [-0.2, 0) is 19.1 Å². The number of aromatic amines is 2. The van der Waals surface area contributed by atoms with Crippen LogP contribution >= 0.6 is 0 Å². The fraction of sp³-hybridized carbons (Fsp3) is 0.538. The molecule has 3 saturated heterocycles. The number of benzene rings is 3. The van der Waals surface area contributed by atoms with Gasteiger partial charge in [0.25, 0.3) is 0 Å². The fourth-order valence-electron chi connectivity index (χ4n) is 11.7. The molecule has 0 bridgehead atoms. The number of ether oxygens (including phenoxy) is 2. The van der Waals surface area contributed by atoms with Crippen molar-refractivity contribution in [3.8, 4) is 0 Å². The number of imidazole rings is 2. The second kappa shape index (κ2) is 19.7.